The molecule has 1 saturated carbocycles. The Morgan fingerprint density at radius 1 is 0.973 bits per heavy atom. The van der Waals surface area contributed by atoms with Crippen molar-refractivity contribution in [3.05, 3.63) is 51.4 Å². The zero-order valence-corrected chi connectivity index (χ0v) is 22.5. The number of amides is 1. The van der Waals surface area contributed by atoms with E-state index in [9.17, 15) is 9.59 Å². The van der Waals surface area contributed by atoms with Gasteiger partial charge in [-0.1, -0.05) is 37.8 Å². The Labute approximate surface area is 220 Å². The van der Waals surface area contributed by atoms with Crippen LogP contribution in [0, 0.1) is 19.8 Å². The number of nitrogens with zero attached hydrogens (tertiary/aromatic N) is 5. The minimum absolute atomic E-state index is 0.107. The number of aromatic nitrogens is 2. The quantitative estimate of drug-likeness (QED) is 0.621. The molecule has 200 valence electrons. The molecule has 0 spiro atoms. The number of aryl methyl sites for hydroxylation is 1. The van der Waals surface area contributed by atoms with Crippen molar-refractivity contribution in [2.45, 2.75) is 58.9 Å². The lowest BCUT2D eigenvalue weighted by Crippen LogP contribution is -2.49. The molecule has 1 amide bonds. The zero-order valence-electron chi connectivity index (χ0n) is 22.5. The second-order valence-corrected chi connectivity index (χ2v) is 11.1. The molecule has 1 aromatic carbocycles. The number of benzene rings is 1. The topological polar surface area (TPSA) is 75.8 Å². The summed E-state index contributed by atoms with van der Waals surface area (Å²) in [4.78, 5) is 41.9. The monoisotopic (exact) mass is 506 g/mol. The van der Waals surface area contributed by atoms with E-state index in [0.29, 0.717) is 45.1 Å². The Kier molecular flexibility index (Phi) is 8.13. The van der Waals surface area contributed by atoms with E-state index in [1.165, 1.54) is 42.5 Å². The van der Waals surface area contributed by atoms with Crippen LogP contribution in [0.1, 0.15) is 55.3 Å². The highest BCUT2D eigenvalue weighted by molar-refractivity contribution is 5.76. The molecular formula is C29H42N6O2. The second-order valence-electron chi connectivity index (χ2n) is 11.1. The van der Waals surface area contributed by atoms with Crippen LogP contribution in [0.4, 0.5) is 11.6 Å². The maximum Gasteiger partial charge on any atom is 0.252 e. The molecule has 1 N–H and O–H groups in total. The summed E-state index contributed by atoms with van der Waals surface area (Å²) < 4.78 is 0. The normalized spacial score (nSPS) is 19.6. The van der Waals surface area contributed by atoms with E-state index in [1.807, 2.05) is 4.90 Å². The predicted molar refractivity (Wildman–Crippen MR) is 148 cm³/mol. The molecule has 3 heterocycles. The van der Waals surface area contributed by atoms with Gasteiger partial charge in [-0.05, 0) is 43.4 Å². The molecule has 0 bridgehead atoms. The number of carbonyl (C=O) groups is 1. The van der Waals surface area contributed by atoms with E-state index in [2.05, 4.69) is 51.7 Å². The van der Waals surface area contributed by atoms with Crippen LogP contribution < -0.4 is 15.4 Å². The first-order valence-electron chi connectivity index (χ1n) is 14.1. The summed E-state index contributed by atoms with van der Waals surface area (Å²) in [5.74, 6) is 1.66. The number of aromatic amines is 1. The first-order valence-corrected chi connectivity index (χ1v) is 14.1. The summed E-state index contributed by atoms with van der Waals surface area (Å²) in [6.45, 7) is 11.7. The molecule has 5 rings (SSSR count). The fourth-order valence-corrected chi connectivity index (χ4v) is 6.13. The lowest BCUT2D eigenvalue weighted by atomic mass is 10.0. The van der Waals surface area contributed by atoms with Crippen LogP contribution in [0.2, 0.25) is 0 Å². The minimum atomic E-state index is -0.107. The third-order valence-corrected chi connectivity index (χ3v) is 8.63. The SMILES string of the molecule is Cc1cccc(N2CCN(Cc3cc(=O)[nH]c(N4CCN(C(=O)CCC5CCCC5)CC4)n3)CC2)c1C. The smallest absolute Gasteiger partial charge is 0.252 e. The molecule has 3 fully saturated rings. The molecule has 0 radical (unpaired) electrons. The third-order valence-electron chi connectivity index (χ3n) is 8.63. The van der Waals surface area contributed by atoms with Crippen LogP contribution in [0.5, 0.6) is 0 Å². The number of hydrogen-bond acceptors (Lipinski definition) is 6. The lowest BCUT2D eigenvalue weighted by molar-refractivity contribution is -0.131. The average Bonchev–Trinajstić information content (AvgIpc) is 3.43. The average molecular weight is 507 g/mol. The highest BCUT2D eigenvalue weighted by Crippen LogP contribution is 2.29. The summed E-state index contributed by atoms with van der Waals surface area (Å²) in [7, 11) is 0. The fraction of sp³-hybridized carbons (Fsp3) is 0.621. The van der Waals surface area contributed by atoms with Crippen LogP contribution in [-0.2, 0) is 11.3 Å². The van der Waals surface area contributed by atoms with Gasteiger partial charge in [0.1, 0.15) is 0 Å². The summed E-state index contributed by atoms with van der Waals surface area (Å²) >= 11 is 0. The van der Waals surface area contributed by atoms with Crippen molar-refractivity contribution in [2.24, 2.45) is 5.92 Å². The van der Waals surface area contributed by atoms with E-state index in [-0.39, 0.29) is 11.5 Å². The van der Waals surface area contributed by atoms with Crippen LogP contribution >= 0.6 is 0 Å². The van der Waals surface area contributed by atoms with E-state index in [1.54, 1.807) is 6.07 Å². The van der Waals surface area contributed by atoms with Gasteiger partial charge >= 0.3 is 0 Å². The molecule has 3 aliphatic rings. The number of piperazine rings is 2. The highest BCUT2D eigenvalue weighted by Gasteiger charge is 2.25. The number of anilines is 2. The van der Waals surface area contributed by atoms with Crippen molar-refractivity contribution in [2.75, 3.05) is 62.2 Å². The molecule has 0 unspecified atom stereocenters. The van der Waals surface area contributed by atoms with Gasteiger partial charge in [-0.3, -0.25) is 19.5 Å². The van der Waals surface area contributed by atoms with E-state index >= 15 is 0 Å². The van der Waals surface area contributed by atoms with Crippen molar-refractivity contribution >= 4 is 17.5 Å². The molecule has 8 nitrogen and oxygen atoms in total. The number of carbonyl (C=O) groups excluding carboxylic acids is 1. The van der Waals surface area contributed by atoms with Crippen molar-refractivity contribution in [3.8, 4) is 0 Å². The predicted octanol–water partition coefficient (Wildman–Crippen LogP) is 3.33. The summed E-state index contributed by atoms with van der Waals surface area (Å²) in [5, 5.41) is 0. The third kappa shape index (κ3) is 6.35. The standard InChI is InChI=1S/C29H42N6O2/c1-22-6-5-9-26(23(22)2)33-14-12-32(13-15-33)21-25-20-27(36)31-29(30-25)35-18-16-34(17-19-35)28(37)11-10-24-7-3-4-8-24/h5-6,9,20,24H,3-4,7-8,10-19,21H2,1-2H3,(H,30,31,36). The van der Waals surface area contributed by atoms with Crippen LogP contribution in [-0.4, -0.2) is 78.0 Å². The van der Waals surface area contributed by atoms with Crippen molar-refractivity contribution < 1.29 is 4.79 Å². The Balaban J connectivity index is 1.12. The van der Waals surface area contributed by atoms with E-state index in [4.69, 9.17) is 4.98 Å². The molecular weight excluding hydrogens is 464 g/mol. The van der Waals surface area contributed by atoms with E-state index < -0.39 is 0 Å². The highest BCUT2D eigenvalue weighted by atomic mass is 16.2. The molecule has 2 aromatic rings. The fourth-order valence-electron chi connectivity index (χ4n) is 6.13. The summed E-state index contributed by atoms with van der Waals surface area (Å²) in [5.41, 5.74) is 4.72. The number of hydrogen-bond donors (Lipinski definition) is 1. The molecule has 1 aliphatic carbocycles. The van der Waals surface area contributed by atoms with Gasteiger partial charge in [-0.25, -0.2) is 4.98 Å². The van der Waals surface area contributed by atoms with Gasteiger partial charge in [-0.2, -0.15) is 0 Å². The summed E-state index contributed by atoms with van der Waals surface area (Å²) in [6.07, 6.45) is 6.94. The molecule has 1 aromatic heterocycles. The van der Waals surface area contributed by atoms with Gasteiger partial charge in [0, 0.05) is 77.1 Å². The maximum absolute atomic E-state index is 12.7. The minimum Gasteiger partial charge on any atom is -0.369 e. The largest absolute Gasteiger partial charge is 0.369 e. The molecule has 8 heteroatoms. The van der Waals surface area contributed by atoms with Crippen LogP contribution in [0.15, 0.2) is 29.1 Å². The van der Waals surface area contributed by atoms with E-state index in [0.717, 1.165) is 44.2 Å². The van der Waals surface area contributed by atoms with Gasteiger partial charge in [0.15, 0.2) is 0 Å². The maximum atomic E-state index is 12.7. The van der Waals surface area contributed by atoms with Crippen LogP contribution in [0.3, 0.4) is 0 Å². The van der Waals surface area contributed by atoms with Crippen molar-refractivity contribution in [3.63, 3.8) is 0 Å². The molecule has 0 atom stereocenters. The Bertz CT molecular complexity index is 1130. The number of nitrogens with one attached hydrogen (secondary N) is 1. The molecule has 2 saturated heterocycles. The zero-order chi connectivity index (χ0) is 25.8. The van der Waals surface area contributed by atoms with Gasteiger partial charge in [-0.15, -0.1) is 0 Å². The second kappa shape index (κ2) is 11.7. The lowest BCUT2D eigenvalue weighted by Gasteiger charge is -2.37. The molecule has 37 heavy (non-hydrogen) atoms. The number of rotatable bonds is 7. The number of H-pyrrole nitrogens is 1. The van der Waals surface area contributed by atoms with Gasteiger partial charge < -0.3 is 14.7 Å². The van der Waals surface area contributed by atoms with Gasteiger partial charge in [0.25, 0.3) is 5.56 Å². The first kappa shape index (κ1) is 25.8. The summed E-state index contributed by atoms with van der Waals surface area (Å²) in [6, 6.07) is 8.15. The van der Waals surface area contributed by atoms with Crippen molar-refractivity contribution in [1.29, 1.82) is 0 Å². The molecule has 2 aliphatic heterocycles. The Morgan fingerprint density at radius 2 is 1.68 bits per heavy atom. The van der Waals surface area contributed by atoms with Gasteiger partial charge in [0.05, 0.1) is 5.69 Å². The first-order chi connectivity index (χ1) is 18.0. The Hall–Kier alpha value is -2.87. The van der Waals surface area contributed by atoms with Crippen LogP contribution in [0.25, 0.3) is 0 Å². The van der Waals surface area contributed by atoms with Gasteiger partial charge in [0.2, 0.25) is 11.9 Å². The Morgan fingerprint density at radius 3 is 2.41 bits per heavy atom. The van der Waals surface area contributed by atoms with Crippen molar-refractivity contribution in [1.82, 2.24) is 19.8 Å².